The van der Waals surface area contributed by atoms with Crippen LogP contribution in [0.4, 0.5) is 0 Å². The Bertz CT molecular complexity index is 5340. The molecule has 0 saturated carbocycles. The minimum atomic E-state index is -0.646. The number of para-hydroxylation sites is 4. The lowest BCUT2D eigenvalue weighted by Gasteiger charge is -2.34. The molecule has 0 amide bonds. The van der Waals surface area contributed by atoms with Gasteiger partial charge in [0.1, 0.15) is 11.0 Å². The van der Waals surface area contributed by atoms with E-state index in [2.05, 4.69) is 255 Å². The maximum atomic E-state index is 6.42. The first-order valence-corrected chi connectivity index (χ1v) is 31.2. The van der Waals surface area contributed by atoms with Crippen LogP contribution in [0.25, 0.3) is 123 Å². The van der Waals surface area contributed by atoms with Crippen LogP contribution >= 0.6 is 0 Å². The fourth-order valence-corrected chi connectivity index (χ4v) is 14.8. The van der Waals surface area contributed by atoms with Gasteiger partial charge in [-0.25, -0.2) is 15.0 Å². The Hall–Kier alpha value is -12.1. The summed E-state index contributed by atoms with van der Waals surface area (Å²) in [5, 5.41) is 0. The van der Waals surface area contributed by atoms with Gasteiger partial charge in [-0.3, -0.25) is 4.98 Å². The minimum Gasteiger partial charge on any atom is -0.436 e. The van der Waals surface area contributed by atoms with Crippen molar-refractivity contribution in [2.75, 3.05) is 0 Å². The first-order valence-electron chi connectivity index (χ1n) is 31.2. The molecule has 2 aliphatic carbocycles. The largest absolute Gasteiger partial charge is 0.436 e. The summed E-state index contributed by atoms with van der Waals surface area (Å²) >= 11 is 0. The molecule has 0 saturated heterocycles. The molecule has 0 N–H and O–H groups in total. The molecule has 6 heteroatoms. The van der Waals surface area contributed by atoms with E-state index in [9.17, 15) is 0 Å². The zero-order valence-electron chi connectivity index (χ0n) is 49.8. The summed E-state index contributed by atoms with van der Waals surface area (Å²) in [7, 11) is 0. The predicted octanol–water partition coefficient (Wildman–Crippen LogP) is 21.2. The summed E-state index contributed by atoms with van der Waals surface area (Å²) < 4.78 is 12.8. The average molecular weight is 1180 g/mol. The average Bonchev–Trinajstić information content (AvgIpc) is 1.66. The van der Waals surface area contributed by atoms with Gasteiger partial charge in [0.2, 0.25) is 11.8 Å². The SMILES string of the molecule is c1ccc(C2(c3ccccc3)c3cc(-c4ccc(-c5ccc(-c6ccccn6)nc5-c5ccc(-c6ccc7c(c6)C(c6ccccc6)(c6ccccc6)c6cc(-c8nc9ccccc9o8)ccc6-7)cc5)cc4)ccc3-c3ccc(-c4nc5ccccc5o4)cc32)cc1. The lowest BCUT2D eigenvalue weighted by molar-refractivity contribution is 0.619. The molecule has 430 valence electrons. The van der Waals surface area contributed by atoms with Crippen LogP contribution < -0.4 is 0 Å². The number of aromatic nitrogens is 4. The van der Waals surface area contributed by atoms with Gasteiger partial charge in [-0.05, 0) is 180 Å². The van der Waals surface area contributed by atoms with Crippen LogP contribution in [0.15, 0.2) is 337 Å². The zero-order chi connectivity index (χ0) is 60.7. The van der Waals surface area contributed by atoms with Crippen LogP contribution in [-0.4, -0.2) is 19.9 Å². The third-order valence-electron chi connectivity index (χ3n) is 19.0. The third kappa shape index (κ3) is 8.34. The van der Waals surface area contributed by atoms with Gasteiger partial charge in [0.25, 0.3) is 0 Å². The van der Waals surface area contributed by atoms with Crippen molar-refractivity contribution in [1.29, 1.82) is 0 Å². The Kier molecular flexibility index (Phi) is 12.3. The number of oxazole rings is 2. The van der Waals surface area contributed by atoms with Gasteiger partial charge in [-0.15, -0.1) is 0 Å². The van der Waals surface area contributed by atoms with E-state index in [-0.39, 0.29) is 0 Å². The number of benzene rings is 12. The highest BCUT2D eigenvalue weighted by Gasteiger charge is 2.48. The van der Waals surface area contributed by atoms with Gasteiger partial charge >= 0.3 is 0 Å². The minimum absolute atomic E-state index is 0.603. The van der Waals surface area contributed by atoms with Gasteiger partial charge < -0.3 is 8.83 Å². The summed E-state index contributed by atoms with van der Waals surface area (Å²) in [5.41, 5.74) is 28.2. The maximum Gasteiger partial charge on any atom is 0.227 e. The number of fused-ring (bicyclic) bond motifs is 8. The molecule has 4 heterocycles. The molecule has 2 aliphatic rings. The second kappa shape index (κ2) is 21.3. The van der Waals surface area contributed by atoms with Crippen LogP contribution in [0.3, 0.4) is 0 Å². The highest BCUT2D eigenvalue weighted by molar-refractivity contribution is 5.93. The van der Waals surface area contributed by atoms with E-state index >= 15 is 0 Å². The van der Waals surface area contributed by atoms with Crippen molar-refractivity contribution in [3.63, 3.8) is 0 Å². The van der Waals surface area contributed by atoms with Crippen molar-refractivity contribution < 1.29 is 8.83 Å². The van der Waals surface area contributed by atoms with Crippen molar-refractivity contribution in [3.05, 3.63) is 372 Å². The quantitative estimate of drug-likeness (QED) is 0.128. The van der Waals surface area contributed by atoms with E-state index in [1.807, 2.05) is 72.9 Å². The van der Waals surface area contributed by atoms with Gasteiger partial charge in [-0.1, -0.05) is 237 Å². The van der Waals surface area contributed by atoms with Crippen molar-refractivity contribution in [2.45, 2.75) is 10.8 Å². The van der Waals surface area contributed by atoms with E-state index in [4.69, 9.17) is 28.8 Å². The van der Waals surface area contributed by atoms with Crippen LogP contribution in [0.5, 0.6) is 0 Å². The van der Waals surface area contributed by atoms with Gasteiger partial charge in [0.15, 0.2) is 11.2 Å². The summed E-state index contributed by atoms with van der Waals surface area (Å²) in [6.45, 7) is 0. The lowest BCUT2D eigenvalue weighted by Crippen LogP contribution is -2.28. The molecule has 0 radical (unpaired) electrons. The topological polar surface area (TPSA) is 77.8 Å². The molecule has 12 aromatic carbocycles. The normalized spacial score (nSPS) is 13.2. The van der Waals surface area contributed by atoms with Crippen molar-refractivity contribution >= 4 is 22.2 Å². The molecule has 0 bridgehead atoms. The summed E-state index contributed by atoms with van der Waals surface area (Å²) in [4.78, 5) is 20.1. The molecule has 0 spiro atoms. The van der Waals surface area contributed by atoms with Gasteiger partial charge in [0, 0.05) is 28.5 Å². The fourth-order valence-electron chi connectivity index (χ4n) is 14.8. The summed E-state index contributed by atoms with van der Waals surface area (Å²) in [5.74, 6) is 1.21. The third-order valence-corrected chi connectivity index (χ3v) is 19.0. The first kappa shape index (κ1) is 53.0. The number of hydrogen-bond donors (Lipinski definition) is 0. The number of hydrogen-bond acceptors (Lipinski definition) is 6. The highest BCUT2D eigenvalue weighted by atomic mass is 16.4. The Morgan fingerprint density at radius 3 is 1.00 bits per heavy atom. The molecular formula is C86H54N4O2. The Balaban J connectivity index is 0.724. The lowest BCUT2D eigenvalue weighted by atomic mass is 9.67. The zero-order valence-corrected chi connectivity index (χ0v) is 49.8. The van der Waals surface area contributed by atoms with E-state index in [1.54, 1.807) is 0 Å². The summed E-state index contributed by atoms with van der Waals surface area (Å²) in [6.07, 6.45) is 1.83. The van der Waals surface area contributed by atoms with E-state index in [0.717, 1.165) is 89.4 Å². The van der Waals surface area contributed by atoms with Gasteiger partial charge in [-0.2, -0.15) is 0 Å². The van der Waals surface area contributed by atoms with Crippen LogP contribution in [-0.2, 0) is 10.8 Å². The Labute approximate surface area is 532 Å². The monoisotopic (exact) mass is 1170 g/mol. The fraction of sp³-hybridized carbons (Fsp3) is 0.0233. The summed E-state index contributed by atoms with van der Waals surface area (Å²) in [6, 6.07) is 115. The maximum absolute atomic E-state index is 6.42. The van der Waals surface area contributed by atoms with Crippen LogP contribution in [0.1, 0.15) is 44.5 Å². The standard InChI is InChI=1S/C86H54N4O2/c1-5-19-63(20-6-1)85(64-21-7-2-8-22-64)72-51-59(40-44-68(72)70-46-42-61(53-74(70)85)83-89-78-28-13-15-30-80(78)91-83)55-32-36-57(37-33-55)67-48-49-77(76-27-17-18-50-87-76)88-82(67)58-38-34-56(35-39-58)60-41-45-69-71-47-43-62(84-90-79-29-14-16-31-81(79)92-84)54-75(71)86(73(69)52-60,65-23-9-3-10-24-65)66-25-11-4-12-26-66/h1-54H. The van der Waals surface area contributed by atoms with E-state index < -0.39 is 10.8 Å². The molecular weight excluding hydrogens is 1120 g/mol. The first-order chi connectivity index (χ1) is 45.6. The molecule has 4 aromatic heterocycles. The van der Waals surface area contributed by atoms with Crippen molar-refractivity contribution in [3.8, 4) is 101 Å². The molecule has 6 nitrogen and oxygen atoms in total. The molecule has 0 fully saturated rings. The Morgan fingerprint density at radius 1 is 0.239 bits per heavy atom. The van der Waals surface area contributed by atoms with Crippen LogP contribution in [0, 0.1) is 0 Å². The smallest absolute Gasteiger partial charge is 0.227 e. The number of pyridine rings is 2. The predicted molar refractivity (Wildman–Crippen MR) is 370 cm³/mol. The molecule has 92 heavy (non-hydrogen) atoms. The van der Waals surface area contributed by atoms with Crippen LogP contribution in [0.2, 0.25) is 0 Å². The van der Waals surface area contributed by atoms with Crippen molar-refractivity contribution in [2.24, 2.45) is 0 Å². The molecule has 0 atom stereocenters. The molecule has 16 aromatic rings. The second-order valence-corrected chi connectivity index (χ2v) is 23.9. The van der Waals surface area contributed by atoms with Crippen molar-refractivity contribution in [1.82, 2.24) is 19.9 Å². The van der Waals surface area contributed by atoms with E-state index in [1.165, 1.54) is 66.8 Å². The molecule has 0 unspecified atom stereocenters. The van der Waals surface area contributed by atoms with Gasteiger partial charge in [0.05, 0.1) is 27.9 Å². The number of nitrogens with zero attached hydrogens (tertiary/aromatic N) is 4. The highest BCUT2D eigenvalue weighted by Crippen LogP contribution is 2.59. The van der Waals surface area contributed by atoms with E-state index in [0.29, 0.717) is 11.8 Å². The Morgan fingerprint density at radius 2 is 0.587 bits per heavy atom. The number of rotatable bonds is 11. The molecule has 0 aliphatic heterocycles. The second-order valence-electron chi connectivity index (χ2n) is 23.9. The molecule has 18 rings (SSSR count).